The minimum absolute atomic E-state index is 0.104. The molecule has 4 rings (SSSR count). The number of thiophene rings is 1. The number of aromatic nitrogens is 4. The number of likely N-dealkylation sites (tertiary alicyclic amines) is 1. The highest BCUT2D eigenvalue weighted by Crippen LogP contribution is 2.29. The Labute approximate surface area is 137 Å². The number of hydrogen-bond donors (Lipinski definition) is 1. The molecule has 4 heterocycles. The van der Waals surface area contributed by atoms with Crippen LogP contribution in [-0.4, -0.2) is 43.9 Å². The van der Waals surface area contributed by atoms with Gasteiger partial charge >= 0.3 is 0 Å². The Hall–Kier alpha value is -2.41. The summed E-state index contributed by atoms with van der Waals surface area (Å²) in [6.07, 6.45) is 6.57. The van der Waals surface area contributed by atoms with Gasteiger partial charge in [-0.05, 0) is 37.1 Å². The number of nitrogens with zero attached hydrogens (tertiary/aromatic N) is 4. The maximum absolute atomic E-state index is 12.7. The Kier molecular flexibility index (Phi) is 3.49. The molecule has 23 heavy (non-hydrogen) atoms. The number of H-pyrrole nitrogens is 1. The maximum atomic E-state index is 12.7. The zero-order valence-corrected chi connectivity index (χ0v) is 13.6. The quantitative estimate of drug-likeness (QED) is 0.804. The van der Waals surface area contributed by atoms with E-state index in [0.29, 0.717) is 0 Å². The van der Waals surface area contributed by atoms with Gasteiger partial charge in [0.2, 0.25) is 0 Å². The van der Waals surface area contributed by atoms with Crippen molar-refractivity contribution in [1.29, 1.82) is 0 Å². The Morgan fingerprint density at radius 2 is 2.30 bits per heavy atom. The van der Waals surface area contributed by atoms with Crippen molar-refractivity contribution in [3.8, 4) is 10.6 Å². The zero-order chi connectivity index (χ0) is 15.8. The summed E-state index contributed by atoms with van der Waals surface area (Å²) in [6.45, 7) is 3.53. The minimum Gasteiger partial charge on any atom is -0.336 e. The fourth-order valence-electron chi connectivity index (χ4n) is 2.92. The molecule has 1 aliphatic heterocycles. The van der Waals surface area contributed by atoms with Crippen molar-refractivity contribution in [3.63, 3.8) is 0 Å². The number of aryl methyl sites for hydroxylation is 1. The zero-order valence-electron chi connectivity index (χ0n) is 12.8. The van der Waals surface area contributed by atoms with E-state index in [1.807, 2.05) is 47.1 Å². The van der Waals surface area contributed by atoms with E-state index in [-0.39, 0.29) is 11.9 Å². The second-order valence-electron chi connectivity index (χ2n) is 5.83. The van der Waals surface area contributed by atoms with Gasteiger partial charge in [0, 0.05) is 25.5 Å². The van der Waals surface area contributed by atoms with E-state index in [1.165, 1.54) is 11.3 Å². The Morgan fingerprint density at radius 3 is 3.04 bits per heavy atom. The summed E-state index contributed by atoms with van der Waals surface area (Å²) in [4.78, 5) is 16.4. The molecule has 6 nitrogen and oxygen atoms in total. The second-order valence-corrected chi connectivity index (χ2v) is 6.91. The molecular weight excluding hydrogens is 310 g/mol. The fraction of sp³-hybridized carbons (Fsp3) is 0.312. The lowest BCUT2D eigenvalue weighted by Crippen LogP contribution is -2.28. The molecule has 0 radical (unpaired) electrons. The van der Waals surface area contributed by atoms with Crippen molar-refractivity contribution in [3.05, 3.63) is 47.2 Å². The van der Waals surface area contributed by atoms with Crippen LogP contribution in [0.25, 0.3) is 10.6 Å². The fourth-order valence-corrected chi connectivity index (χ4v) is 3.87. The standard InChI is InChI=1S/C16H17N5OS/c1-11-8-18-21(9-11)12-5-7-20(10-12)16(22)15-3-2-14(23-15)13-4-6-17-19-13/h2-4,6,8-9,12H,5,7,10H2,1H3,(H,17,19). The second kappa shape index (κ2) is 5.66. The lowest BCUT2D eigenvalue weighted by molar-refractivity contribution is 0.0792. The first kappa shape index (κ1) is 14.2. The minimum atomic E-state index is 0.104. The van der Waals surface area contributed by atoms with Crippen molar-refractivity contribution in [2.75, 3.05) is 13.1 Å². The van der Waals surface area contributed by atoms with Crippen molar-refractivity contribution < 1.29 is 4.79 Å². The molecule has 1 amide bonds. The number of nitrogens with one attached hydrogen (secondary N) is 1. The normalized spacial score (nSPS) is 17.8. The first-order valence-corrected chi connectivity index (χ1v) is 8.42. The van der Waals surface area contributed by atoms with E-state index in [9.17, 15) is 4.79 Å². The molecule has 1 aliphatic rings. The molecule has 0 aliphatic carbocycles. The molecule has 1 N–H and O–H groups in total. The molecule has 1 unspecified atom stereocenters. The van der Waals surface area contributed by atoms with Gasteiger partial charge in [0.25, 0.3) is 5.91 Å². The largest absolute Gasteiger partial charge is 0.336 e. The summed E-state index contributed by atoms with van der Waals surface area (Å²) in [5.74, 6) is 0.104. The van der Waals surface area contributed by atoms with Gasteiger partial charge < -0.3 is 4.90 Å². The van der Waals surface area contributed by atoms with Gasteiger partial charge in [-0.1, -0.05) is 0 Å². The SMILES string of the molecule is Cc1cnn(C2CCN(C(=O)c3ccc(-c4ccn[nH]4)s3)C2)c1. The molecule has 3 aromatic rings. The Balaban J connectivity index is 1.48. The third-order valence-corrected chi connectivity index (χ3v) is 5.24. The van der Waals surface area contributed by atoms with Crippen LogP contribution in [0.1, 0.15) is 27.7 Å². The lowest BCUT2D eigenvalue weighted by Gasteiger charge is -2.15. The summed E-state index contributed by atoms with van der Waals surface area (Å²) in [7, 11) is 0. The molecule has 7 heteroatoms. The van der Waals surface area contributed by atoms with E-state index >= 15 is 0 Å². The van der Waals surface area contributed by atoms with E-state index < -0.39 is 0 Å². The lowest BCUT2D eigenvalue weighted by atomic mass is 10.3. The van der Waals surface area contributed by atoms with E-state index in [4.69, 9.17) is 0 Å². The van der Waals surface area contributed by atoms with Crippen LogP contribution in [0.3, 0.4) is 0 Å². The highest BCUT2D eigenvalue weighted by Gasteiger charge is 2.29. The van der Waals surface area contributed by atoms with E-state index in [2.05, 4.69) is 15.3 Å². The van der Waals surface area contributed by atoms with Crippen LogP contribution in [0.2, 0.25) is 0 Å². The number of rotatable bonds is 3. The topological polar surface area (TPSA) is 66.8 Å². The van der Waals surface area contributed by atoms with Gasteiger partial charge in [0.15, 0.2) is 0 Å². The molecule has 0 saturated carbocycles. The van der Waals surface area contributed by atoms with Crippen molar-refractivity contribution in [1.82, 2.24) is 24.9 Å². The average Bonchev–Trinajstić information content (AvgIpc) is 3.31. The van der Waals surface area contributed by atoms with Crippen LogP contribution in [0.15, 0.2) is 36.8 Å². The van der Waals surface area contributed by atoms with Crippen LogP contribution in [0.4, 0.5) is 0 Å². The Bertz CT molecular complexity index is 819. The van der Waals surface area contributed by atoms with Crippen LogP contribution in [-0.2, 0) is 0 Å². The number of aromatic amines is 1. The molecule has 1 saturated heterocycles. The van der Waals surface area contributed by atoms with Crippen LogP contribution < -0.4 is 0 Å². The predicted molar refractivity (Wildman–Crippen MR) is 88.4 cm³/mol. The van der Waals surface area contributed by atoms with Crippen LogP contribution >= 0.6 is 11.3 Å². The smallest absolute Gasteiger partial charge is 0.264 e. The number of carbonyl (C=O) groups is 1. The van der Waals surface area contributed by atoms with Gasteiger partial charge in [-0.2, -0.15) is 10.2 Å². The van der Waals surface area contributed by atoms with E-state index in [0.717, 1.165) is 40.5 Å². The van der Waals surface area contributed by atoms with Gasteiger partial charge in [-0.15, -0.1) is 11.3 Å². The molecular formula is C16H17N5OS. The molecule has 1 fully saturated rings. The predicted octanol–water partition coefficient (Wildman–Crippen LogP) is 2.73. The van der Waals surface area contributed by atoms with Crippen molar-refractivity contribution >= 4 is 17.2 Å². The first-order chi connectivity index (χ1) is 11.2. The summed E-state index contributed by atoms with van der Waals surface area (Å²) in [5.41, 5.74) is 2.09. The van der Waals surface area contributed by atoms with Gasteiger partial charge in [0.05, 0.1) is 27.7 Å². The third-order valence-electron chi connectivity index (χ3n) is 4.14. The maximum Gasteiger partial charge on any atom is 0.264 e. The Morgan fingerprint density at radius 1 is 1.39 bits per heavy atom. The molecule has 0 spiro atoms. The van der Waals surface area contributed by atoms with Crippen molar-refractivity contribution in [2.45, 2.75) is 19.4 Å². The molecule has 0 aromatic carbocycles. The first-order valence-electron chi connectivity index (χ1n) is 7.60. The van der Waals surface area contributed by atoms with Gasteiger partial charge in [-0.25, -0.2) is 0 Å². The molecule has 3 aromatic heterocycles. The highest BCUT2D eigenvalue weighted by molar-refractivity contribution is 7.17. The monoisotopic (exact) mass is 327 g/mol. The summed E-state index contributed by atoms with van der Waals surface area (Å²) >= 11 is 1.50. The summed E-state index contributed by atoms with van der Waals surface area (Å²) in [5, 5.41) is 11.3. The molecule has 0 bridgehead atoms. The highest BCUT2D eigenvalue weighted by atomic mass is 32.1. The third kappa shape index (κ3) is 2.68. The van der Waals surface area contributed by atoms with E-state index in [1.54, 1.807) is 6.20 Å². The number of hydrogen-bond acceptors (Lipinski definition) is 4. The van der Waals surface area contributed by atoms with Gasteiger partial charge in [0.1, 0.15) is 0 Å². The van der Waals surface area contributed by atoms with Crippen LogP contribution in [0.5, 0.6) is 0 Å². The summed E-state index contributed by atoms with van der Waals surface area (Å²) < 4.78 is 1.98. The number of carbonyl (C=O) groups excluding carboxylic acids is 1. The number of amides is 1. The molecule has 1 atom stereocenters. The summed E-state index contributed by atoms with van der Waals surface area (Å²) in [6, 6.07) is 6.05. The van der Waals surface area contributed by atoms with Gasteiger partial charge in [-0.3, -0.25) is 14.6 Å². The average molecular weight is 327 g/mol. The van der Waals surface area contributed by atoms with Crippen LogP contribution in [0, 0.1) is 6.92 Å². The molecule has 118 valence electrons. The van der Waals surface area contributed by atoms with Crippen molar-refractivity contribution in [2.24, 2.45) is 0 Å².